The number of aromatic nitrogens is 1. The quantitative estimate of drug-likeness (QED) is 0.912. The molecule has 2 aliphatic rings. The zero-order valence-corrected chi connectivity index (χ0v) is 11.2. The molecular weight excluding hydrogens is 285 g/mol. The molecule has 114 valence electrons. The highest BCUT2D eigenvalue weighted by Crippen LogP contribution is 2.36. The van der Waals surface area contributed by atoms with E-state index in [-0.39, 0.29) is 13.0 Å². The normalized spacial score (nSPS) is 23.8. The molecule has 3 heterocycles. The highest BCUT2D eigenvalue weighted by atomic mass is 19.4. The summed E-state index contributed by atoms with van der Waals surface area (Å²) in [5, 5.41) is 3.01. The molecule has 1 aromatic rings. The topological polar surface area (TPSA) is 43.4 Å². The third-order valence-electron chi connectivity index (χ3n) is 3.58. The molecule has 0 spiro atoms. The van der Waals surface area contributed by atoms with Crippen molar-refractivity contribution in [2.24, 2.45) is 5.92 Å². The molecule has 0 aliphatic carbocycles. The predicted octanol–water partition coefficient (Wildman–Crippen LogP) is 2.64. The highest BCUT2D eigenvalue weighted by Gasteiger charge is 2.39. The summed E-state index contributed by atoms with van der Waals surface area (Å²) in [6.07, 6.45) is -0.391. The number of allylic oxidation sites excluding steroid dienone is 1. The Morgan fingerprint density at radius 2 is 2.00 bits per heavy atom. The van der Waals surface area contributed by atoms with Gasteiger partial charge in [-0.25, -0.2) is 0 Å². The van der Waals surface area contributed by atoms with Gasteiger partial charge in [-0.05, 0) is 18.6 Å². The Balaban J connectivity index is 1.94. The van der Waals surface area contributed by atoms with Crippen LogP contribution in [0.25, 0.3) is 5.70 Å². The fraction of sp³-hybridized carbons (Fsp3) is 0.500. The average Bonchev–Trinajstić information content (AvgIpc) is 3.01. The summed E-state index contributed by atoms with van der Waals surface area (Å²) < 4.78 is 49.6. The van der Waals surface area contributed by atoms with E-state index in [1.54, 1.807) is 12.3 Å². The first-order valence-corrected chi connectivity index (χ1v) is 6.75. The minimum Gasteiger partial charge on any atom is -0.385 e. The number of pyridine rings is 1. The number of hydrogen-bond acceptors (Lipinski definition) is 4. The van der Waals surface area contributed by atoms with Crippen LogP contribution in [0.2, 0.25) is 0 Å². The van der Waals surface area contributed by atoms with Crippen molar-refractivity contribution in [3.05, 3.63) is 35.7 Å². The molecule has 0 aromatic carbocycles. The van der Waals surface area contributed by atoms with Gasteiger partial charge in [0.1, 0.15) is 0 Å². The van der Waals surface area contributed by atoms with Gasteiger partial charge in [0.15, 0.2) is 6.29 Å². The Labute approximate surface area is 120 Å². The van der Waals surface area contributed by atoms with Crippen LogP contribution in [-0.2, 0) is 9.47 Å². The van der Waals surface area contributed by atoms with E-state index in [4.69, 9.17) is 9.47 Å². The van der Waals surface area contributed by atoms with Crippen molar-refractivity contribution in [3.63, 3.8) is 0 Å². The Morgan fingerprint density at radius 3 is 2.71 bits per heavy atom. The SMILES string of the molecule is FC(F)(F)C1C=C(c2cnccc2C2OCCO2)NCC1. The second-order valence-corrected chi connectivity index (χ2v) is 4.98. The summed E-state index contributed by atoms with van der Waals surface area (Å²) in [4.78, 5) is 4.01. The van der Waals surface area contributed by atoms with Crippen molar-refractivity contribution in [1.29, 1.82) is 0 Å². The number of hydrogen-bond donors (Lipinski definition) is 1. The zero-order chi connectivity index (χ0) is 14.9. The minimum atomic E-state index is -4.23. The summed E-state index contributed by atoms with van der Waals surface area (Å²) >= 11 is 0. The fourth-order valence-electron chi connectivity index (χ4n) is 2.52. The lowest BCUT2D eigenvalue weighted by molar-refractivity contribution is -0.162. The van der Waals surface area contributed by atoms with E-state index in [0.717, 1.165) is 0 Å². The molecule has 1 aromatic heterocycles. The molecule has 0 amide bonds. The number of nitrogens with zero attached hydrogens (tertiary/aromatic N) is 1. The van der Waals surface area contributed by atoms with Crippen molar-refractivity contribution in [1.82, 2.24) is 10.3 Å². The van der Waals surface area contributed by atoms with Gasteiger partial charge >= 0.3 is 6.18 Å². The van der Waals surface area contributed by atoms with Gasteiger partial charge in [-0.3, -0.25) is 4.98 Å². The van der Waals surface area contributed by atoms with Gasteiger partial charge in [0.05, 0.1) is 19.1 Å². The molecule has 1 N–H and O–H groups in total. The maximum absolute atomic E-state index is 12.9. The molecule has 21 heavy (non-hydrogen) atoms. The molecule has 7 heteroatoms. The lowest BCUT2D eigenvalue weighted by atomic mass is 9.96. The third kappa shape index (κ3) is 3.03. The molecule has 4 nitrogen and oxygen atoms in total. The second kappa shape index (κ2) is 5.65. The summed E-state index contributed by atoms with van der Waals surface area (Å²) in [6.45, 7) is 1.23. The van der Waals surface area contributed by atoms with Crippen LogP contribution in [0.15, 0.2) is 24.5 Å². The predicted molar refractivity (Wildman–Crippen MR) is 69.0 cm³/mol. The molecule has 1 atom stereocenters. The van der Waals surface area contributed by atoms with E-state index < -0.39 is 18.4 Å². The monoisotopic (exact) mass is 300 g/mol. The van der Waals surface area contributed by atoms with Crippen LogP contribution < -0.4 is 5.32 Å². The first-order chi connectivity index (χ1) is 10.1. The molecule has 0 bridgehead atoms. The maximum atomic E-state index is 12.9. The van der Waals surface area contributed by atoms with Crippen LogP contribution in [0.4, 0.5) is 13.2 Å². The fourth-order valence-corrected chi connectivity index (χ4v) is 2.52. The molecule has 1 saturated heterocycles. The van der Waals surface area contributed by atoms with E-state index in [9.17, 15) is 13.2 Å². The first kappa shape index (κ1) is 14.3. The van der Waals surface area contributed by atoms with Gasteiger partial charge in [-0.1, -0.05) is 0 Å². The lowest BCUT2D eigenvalue weighted by Crippen LogP contribution is -2.31. The maximum Gasteiger partial charge on any atom is 0.395 e. The van der Waals surface area contributed by atoms with E-state index in [2.05, 4.69) is 10.3 Å². The molecule has 1 fully saturated rings. The van der Waals surface area contributed by atoms with Crippen LogP contribution in [0.3, 0.4) is 0 Å². The van der Waals surface area contributed by atoms with Gasteiger partial charge < -0.3 is 14.8 Å². The van der Waals surface area contributed by atoms with E-state index in [1.807, 2.05) is 0 Å². The number of halogens is 3. The third-order valence-corrected chi connectivity index (χ3v) is 3.58. The molecule has 0 saturated carbocycles. The largest absolute Gasteiger partial charge is 0.395 e. The zero-order valence-electron chi connectivity index (χ0n) is 11.2. The summed E-state index contributed by atoms with van der Waals surface area (Å²) in [5.74, 6) is -1.44. The van der Waals surface area contributed by atoms with Crippen LogP contribution >= 0.6 is 0 Å². The van der Waals surface area contributed by atoms with Crippen molar-refractivity contribution < 1.29 is 22.6 Å². The van der Waals surface area contributed by atoms with Crippen molar-refractivity contribution in [2.75, 3.05) is 19.8 Å². The Bertz CT molecular complexity index is 539. The first-order valence-electron chi connectivity index (χ1n) is 6.75. The highest BCUT2D eigenvalue weighted by molar-refractivity contribution is 5.67. The smallest absolute Gasteiger partial charge is 0.385 e. The Morgan fingerprint density at radius 1 is 1.24 bits per heavy atom. The molecule has 0 radical (unpaired) electrons. The molecule has 2 aliphatic heterocycles. The summed E-state index contributed by atoms with van der Waals surface area (Å²) in [5.41, 5.74) is 1.73. The summed E-state index contributed by atoms with van der Waals surface area (Å²) in [6, 6.07) is 1.71. The number of ether oxygens (including phenoxy) is 2. The number of rotatable bonds is 2. The van der Waals surface area contributed by atoms with Gasteiger partial charge in [0, 0.05) is 35.8 Å². The molecular formula is C14H15F3N2O2. The number of nitrogens with one attached hydrogen (secondary N) is 1. The molecule has 3 rings (SSSR count). The van der Waals surface area contributed by atoms with Crippen molar-refractivity contribution in [2.45, 2.75) is 18.9 Å². The lowest BCUT2D eigenvalue weighted by Gasteiger charge is -2.26. The van der Waals surface area contributed by atoms with Crippen molar-refractivity contribution in [3.8, 4) is 0 Å². The Kier molecular flexibility index (Phi) is 3.86. The average molecular weight is 300 g/mol. The minimum absolute atomic E-state index is 0.0407. The standard InChI is InChI=1S/C14H15F3N2O2/c15-14(16,17)9-1-4-19-12(7-9)11-8-18-3-2-10(11)13-20-5-6-21-13/h2-3,7-9,13,19H,1,4-6H2. The second-order valence-electron chi connectivity index (χ2n) is 4.98. The van der Waals surface area contributed by atoms with Gasteiger partial charge in [0.2, 0.25) is 0 Å². The van der Waals surface area contributed by atoms with E-state index >= 15 is 0 Å². The van der Waals surface area contributed by atoms with E-state index in [1.165, 1.54) is 12.3 Å². The van der Waals surface area contributed by atoms with Crippen LogP contribution in [0, 0.1) is 5.92 Å². The number of alkyl halides is 3. The van der Waals surface area contributed by atoms with Crippen LogP contribution in [-0.4, -0.2) is 30.9 Å². The van der Waals surface area contributed by atoms with Gasteiger partial charge in [-0.15, -0.1) is 0 Å². The van der Waals surface area contributed by atoms with Crippen LogP contribution in [0.1, 0.15) is 23.8 Å². The summed E-state index contributed by atoms with van der Waals surface area (Å²) in [7, 11) is 0. The van der Waals surface area contributed by atoms with Gasteiger partial charge in [0.25, 0.3) is 0 Å². The van der Waals surface area contributed by atoms with E-state index in [0.29, 0.717) is 30.0 Å². The van der Waals surface area contributed by atoms with Crippen molar-refractivity contribution >= 4 is 5.70 Å². The Hall–Kier alpha value is -1.60. The molecule has 1 unspecified atom stereocenters. The van der Waals surface area contributed by atoms with Crippen LogP contribution in [0.5, 0.6) is 0 Å². The van der Waals surface area contributed by atoms with Gasteiger partial charge in [-0.2, -0.15) is 13.2 Å².